The number of thiazole rings is 1. The normalized spacial score (nSPS) is 10.8. The van der Waals surface area contributed by atoms with Crippen molar-refractivity contribution >= 4 is 33.4 Å². The van der Waals surface area contributed by atoms with Crippen LogP contribution in [0.15, 0.2) is 37.2 Å². The first kappa shape index (κ1) is 11.9. The van der Waals surface area contributed by atoms with Gasteiger partial charge in [-0.25, -0.2) is 9.67 Å². The molecular weight excluding hydrogens is 256 g/mol. The third-order valence-corrected chi connectivity index (χ3v) is 3.77. The fraction of sp³-hybridized carbons (Fsp3) is 0.143. The summed E-state index contributed by atoms with van der Waals surface area (Å²) in [6, 6.07) is 6.24. The van der Waals surface area contributed by atoms with Gasteiger partial charge >= 0.3 is 0 Å². The van der Waals surface area contributed by atoms with Gasteiger partial charge < -0.3 is 5.32 Å². The van der Waals surface area contributed by atoms with Crippen molar-refractivity contribution in [2.75, 3.05) is 5.32 Å². The molecule has 0 saturated carbocycles. The molecule has 0 saturated heterocycles. The minimum atomic E-state index is 0.747. The molecule has 3 rings (SSSR count). The molecule has 2 heterocycles. The quantitative estimate of drug-likeness (QED) is 0.789. The fourth-order valence-electron chi connectivity index (χ4n) is 1.92. The predicted octanol–water partition coefficient (Wildman–Crippen LogP) is 3.51. The van der Waals surface area contributed by atoms with E-state index in [9.17, 15) is 0 Å². The number of aromatic nitrogens is 3. The first-order valence-electron chi connectivity index (χ1n) is 6.01. The smallest absolute Gasteiger partial charge is 0.0907 e. The van der Waals surface area contributed by atoms with Crippen LogP contribution in [0.3, 0.4) is 0 Å². The van der Waals surface area contributed by atoms with Gasteiger partial charge in [0.1, 0.15) is 0 Å². The van der Waals surface area contributed by atoms with Gasteiger partial charge in [-0.2, -0.15) is 5.10 Å². The molecule has 19 heavy (non-hydrogen) atoms. The molecule has 0 aliphatic rings. The maximum atomic E-state index is 4.45. The molecular formula is C14H14N4S. The lowest BCUT2D eigenvalue weighted by Gasteiger charge is -2.04. The van der Waals surface area contributed by atoms with Gasteiger partial charge in [-0.05, 0) is 25.1 Å². The van der Waals surface area contributed by atoms with E-state index < -0.39 is 0 Å². The van der Waals surface area contributed by atoms with Crippen molar-refractivity contribution in [3.05, 3.63) is 47.7 Å². The fourth-order valence-corrected chi connectivity index (χ4v) is 2.79. The van der Waals surface area contributed by atoms with E-state index in [0.29, 0.717) is 0 Å². The molecule has 2 aromatic heterocycles. The average molecular weight is 270 g/mol. The second kappa shape index (κ2) is 4.85. The number of nitrogens with one attached hydrogen (secondary N) is 1. The predicted molar refractivity (Wildman–Crippen MR) is 80.3 cm³/mol. The Morgan fingerprint density at radius 3 is 3.16 bits per heavy atom. The van der Waals surface area contributed by atoms with Gasteiger partial charge in [-0.15, -0.1) is 11.3 Å². The van der Waals surface area contributed by atoms with Crippen LogP contribution in [0.25, 0.3) is 16.4 Å². The van der Waals surface area contributed by atoms with Gasteiger partial charge in [0.2, 0.25) is 0 Å². The van der Waals surface area contributed by atoms with Crippen molar-refractivity contribution in [3.63, 3.8) is 0 Å². The summed E-state index contributed by atoms with van der Waals surface area (Å²) in [7, 11) is 0. The SMILES string of the molecule is C=Cn1cc(CNc2ccc3nc(C)sc3c2)cn1. The zero-order valence-corrected chi connectivity index (χ0v) is 11.4. The minimum absolute atomic E-state index is 0.747. The number of aryl methyl sites for hydroxylation is 1. The van der Waals surface area contributed by atoms with Crippen LogP contribution in [0.5, 0.6) is 0 Å². The molecule has 1 N–H and O–H groups in total. The number of nitrogens with zero attached hydrogens (tertiary/aromatic N) is 3. The van der Waals surface area contributed by atoms with Crippen LogP contribution in [-0.2, 0) is 6.54 Å². The van der Waals surface area contributed by atoms with Crippen LogP contribution in [0, 0.1) is 6.92 Å². The summed E-state index contributed by atoms with van der Waals surface area (Å²) in [6.07, 6.45) is 5.47. The Morgan fingerprint density at radius 2 is 2.37 bits per heavy atom. The molecule has 0 amide bonds. The van der Waals surface area contributed by atoms with E-state index in [1.54, 1.807) is 22.2 Å². The second-order valence-corrected chi connectivity index (χ2v) is 5.51. The summed E-state index contributed by atoms with van der Waals surface area (Å²) in [6.45, 7) is 6.45. The Balaban J connectivity index is 1.75. The summed E-state index contributed by atoms with van der Waals surface area (Å²) >= 11 is 1.71. The Kier molecular flexibility index (Phi) is 3.05. The summed E-state index contributed by atoms with van der Waals surface area (Å²) < 4.78 is 2.91. The van der Waals surface area contributed by atoms with Gasteiger partial charge in [0.25, 0.3) is 0 Å². The van der Waals surface area contributed by atoms with E-state index in [0.717, 1.165) is 28.3 Å². The minimum Gasteiger partial charge on any atom is -0.381 e. The van der Waals surface area contributed by atoms with E-state index in [1.165, 1.54) is 4.70 Å². The standard InChI is InChI=1S/C14H14N4S/c1-3-18-9-11(8-16-18)7-15-12-4-5-13-14(6-12)19-10(2)17-13/h3-6,8-9,15H,1,7H2,2H3. The first-order chi connectivity index (χ1) is 9.24. The monoisotopic (exact) mass is 270 g/mol. The number of fused-ring (bicyclic) bond motifs is 1. The third-order valence-electron chi connectivity index (χ3n) is 2.83. The second-order valence-electron chi connectivity index (χ2n) is 4.28. The first-order valence-corrected chi connectivity index (χ1v) is 6.83. The molecule has 0 aliphatic carbocycles. The molecule has 96 valence electrons. The molecule has 0 radical (unpaired) electrons. The maximum Gasteiger partial charge on any atom is 0.0907 e. The highest BCUT2D eigenvalue weighted by Crippen LogP contribution is 2.24. The van der Waals surface area contributed by atoms with Crippen LogP contribution >= 0.6 is 11.3 Å². The number of hydrogen-bond acceptors (Lipinski definition) is 4. The van der Waals surface area contributed by atoms with Gasteiger partial charge in [0.05, 0.1) is 21.4 Å². The van der Waals surface area contributed by atoms with Crippen LogP contribution in [0.2, 0.25) is 0 Å². The van der Waals surface area contributed by atoms with E-state index in [2.05, 4.69) is 34.1 Å². The van der Waals surface area contributed by atoms with E-state index >= 15 is 0 Å². The zero-order chi connectivity index (χ0) is 13.2. The van der Waals surface area contributed by atoms with Gasteiger partial charge in [0, 0.05) is 30.2 Å². The van der Waals surface area contributed by atoms with Crippen molar-refractivity contribution in [3.8, 4) is 0 Å². The summed E-state index contributed by atoms with van der Waals surface area (Å²) in [5.41, 5.74) is 3.29. The molecule has 0 atom stereocenters. The number of hydrogen-bond donors (Lipinski definition) is 1. The van der Waals surface area contributed by atoms with Crippen molar-refractivity contribution < 1.29 is 0 Å². The lowest BCUT2D eigenvalue weighted by molar-refractivity contribution is 0.936. The molecule has 0 spiro atoms. The highest BCUT2D eigenvalue weighted by molar-refractivity contribution is 7.18. The van der Waals surface area contributed by atoms with Crippen LogP contribution in [0.4, 0.5) is 5.69 Å². The molecule has 0 bridgehead atoms. The molecule has 5 heteroatoms. The Labute approximate surface area is 115 Å². The topological polar surface area (TPSA) is 42.7 Å². The van der Waals surface area contributed by atoms with E-state index in [-0.39, 0.29) is 0 Å². The highest BCUT2D eigenvalue weighted by atomic mass is 32.1. The Hall–Kier alpha value is -2.14. The highest BCUT2D eigenvalue weighted by Gasteiger charge is 2.02. The largest absolute Gasteiger partial charge is 0.381 e. The Bertz CT molecular complexity index is 726. The van der Waals surface area contributed by atoms with Crippen LogP contribution < -0.4 is 5.32 Å². The molecule has 0 aliphatic heterocycles. The van der Waals surface area contributed by atoms with Crippen molar-refractivity contribution in [1.29, 1.82) is 0 Å². The molecule has 0 unspecified atom stereocenters. The van der Waals surface area contributed by atoms with E-state index in [4.69, 9.17) is 0 Å². The van der Waals surface area contributed by atoms with Crippen LogP contribution in [-0.4, -0.2) is 14.8 Å². The lowest BCUT2D eigenvalue weighted by Crippen LogP contribution is -1.97. The maximum absolute atomic E-state index is 4.45. The number of rotatable bonds is 4. The van der Waals surface area contributed by atoms with Gasteiger partial charge in [0.15, 0.2) is 0 Å². The van der Waals surface area contributed by atoms with Crippen molar-refractivity contribution in [1.82, 2.24) is 14.8 Å². The third kappa shape index (κ3) is 2.51. The summed E-state index contributed by atoms with van der Waals surface area (Å²) in [5.74, 6) is 0. The number of benzene rings is 1. The molecule has 4 nitrogen and oxygen atoms in total. The molecule has 3 aromatic rings. The van der Waals surface area contributed by atoms with Crippen molar-refractivity contribution in [2.45, 2.75) is 13.5 Å². The Morgan fingerprint density at radius 1 is 1.47 bits per heavy atom. The van der Waals surface area contributed by atoms with Gasteiger partial charge in [-0.3, -0.25) is 0 Å². The molecule has 0 fully saturated rings. The zero-order valence-electron chi connectivity index (χ0n) is 10.6. The average Bonchev–Trinajstić information content (AvgIpc) is 3.00. The summed E-state index contributed by atoms with van der Waals surface area (Å²) in [4.78, 5) is 4.45. The lowest BCUT2D eigenvalue weighted by atomic mass is 10.3. The molecule has 1 aromatic carbocycles. The van der Waals surface area contributed by atoms with E-state index in [1.807, 2.05) is 25.4 Å². The number of anilines is 1. The van der Waals surface area contributed by atoms with Crippen LogP contribution in [0.1, 0.15) is 10.6 Å². The van der Waals surface area contributed by atoms with Gasteiger partial charge in [-0.1, -0.05) is 6.58 Å². The van der Waals surface area contributed by atoms with Crippen molar-refractivity contribution in [2.24, 2.45) is 0 Å². The summed E-state index contributed by atoms with van der Waals surface area (Å²) in [5, 5.41) is 8.64.